The van der Waals surface area contributed by atoms with Crippen molar-refractivity contribution in [1.82, 2.24) is 39.9 Å². The number of ether oxygens (including phenoxy) is 2. The summed E-state index contributed by atoms with van der Waals surface area (Å²) in [5, 5.41) is 13.9. The maximum Gasteiger partial charge on any atom is 0.309 e. The van der Waals surface area contributed by atoms with Gasteiger partial charge in [0.15, 0.2) is 0 Å². The molecular weight excluding hydrogens is 1100 g/mol. The zero-order valence-corrected chi connectivity index (χ0v) is 49.1. The molecule has 6 aromatic heterocycles. The van der Waals surface area contributed by atoms with Gasteiger partial charge in [-0.1, -0.05) is 36.1 Å². The molecule has 0 spiro atoms. The Bertz CT molecular complexity index is 3810. The first-order chi connectivity index (χ1) is 42.4. The topological polar surface area (TPSA) is 267 Å². The maximum atomic E-state index is 12.9. The molecule has 21 nitrogen and oxygen atoms in total. The summed E-state index contributed by atoms with van der Waals surface area (Å²) in [6.45, 7) is 13.0. The molecule has 448 valence electrons. The molecule has 1 amide bonds. The summed E-state index contributed by atoms with van der Waals surface area (Å²) in [5.41, 5.74) is 16.2. The van der Waals surface area contributed by atoms with E-state index in [0.29, 0.717) is 49.0 Å². The van der Waals surface area contributed by atoms with E-state index in [4.69, 9.17) is 20.3 Å². The van der Waals surface area contributed by atoms with Crippen LogP contribution in [0.15, 0.2) is 110 Å². The molecule has 0 radical (unpaired) electrons. The quantitative estimate of drug-likeness (QED) is 0.0368. The Morgan fingerprint density at radius 2 is 1.05 bits per heavy atom. The van der Waals surface area contributed by atoms with Crippen LogP contribution in [0.5, 0.6) is 0 Å². The molecule has 4 saturated heterocycles. The number of morpholine rings is 2. The number of nitrogens with one attached hydrogen (secondary N) is 3. The number of ketones is 2. The number of anilines is 6. The number of carboxylic acids is 1. The highest BCUT2D eigenvalue weighted by atomic mass is 16.5. The Morgan fingerprint density at radius 1 is 0.586 bits per heavy atom. The monoisotopic (exact) mass is 1170 g/mol. The molecule has 4 fully saturated rings. The van der Waals surface area contributed by atoms with Gasteiger partial charge in [-0.3, -0.25) is 29.1 Å². The molecule has 6 N–H and O–H groups in total. The van der Waals surface area contributed by atoms with E-state index in [-0.39, 0.29) is 36.2 Å². The van der Waals surface area contributed by atoms with Crippen LogP contribution in [0.4, 0.5) is 34.4 Å². The van der Waals surface area contributed by atoms with E-state index in [1.807, 2.05) is 72.8 Å². The minimum Gasteiger partial charge on any atom is -0.481 e. The Morgan fingerprint density at radius 3 is 1.51 bits per heavy atom. The lowest BCUT2D eigenvalue weighted by Crippen LogP contribution is -2.36. The van der Waals surface area contributed by atoms with Gasteiger partial charge in [0, 0.05) is 112 Å². The lowest BCUT2D eigenvalue weighted by atomic mass is 9.92. The van der Waals surface area contributed by atoms with Crippen molar-refractivity contribution in [2.75, 3.05) is 109 Å². The number of aromatic nitrogens is 8. The van der Waals surface area contributed by atoms with Gasteiger partial charge < -0.3 is 55.2 Å². The molecule has 4 aliphatic rings. The van der Waals surface area contributed by atoms with Crippen LogP contribution in [0.25, 0.3) is 44.6 Å². The van der Waals surface area contributed by atoms with Crippen molar-refractivity contribution in [2.45, 2.75) is 65.2 Å². The number of hydrogen-bond donors (Lipinski definition) is 5. The van der Waals surface area contributed by atoms with Crippen molar-refractivity contribution in [3.8, 4) is 46.2 Å². The van der Waals surface area contributed by atoms with Gasteiger partial charge >= 0.3 is 5.97 Å². The molecule has 0 unspecified atom stereocenters. The molecule has 2 atom stereocenters. The maximum absolute atomic E-state index is 12.9. The number of amides is 1. The van der Waals surface area contributed by atoms with Crippen LogP contribution in [-0.2, 0) is 41.5 Å². The van der Waals surface area contributed by atoms with Gasteiger partial charge in [0.05, 0.1) is 61.4 Å². The van der Waals surface area contributed by atoms with Crippen molar-refractivity contribution in [3.63, 3.8) is 0 Å². The number of hydrogen-bond acceptors (Lipinski definition) is 17. The number of carboxylic acid groups (broad SMARTS) is 1. The van der Waals surface area contributed by atoms with Gasteiger partial charge in [0.25, 0.3) is 0 Å². The number of aliphatic carboxylic acids is 1. The average molecular weight is 1170 g/mol. The SMILES string of the molecule is CC#CC(=O)C[C@@H]1CCCN(c2ccnc(CC(=O)Nc3ccc(-c4cc5c(N6CCOCC6)ncnc5[nH]4)cc3)c2)C1.CC#CC(=O)C[C@@H]1CCCN(c2ccnc(CC(=O)O)c2)C1.Nc1ccc(-c2cc3c(N4CCOCC4)ncnc3[nH]2)cc1. The number of rotatable bonds is 15. The third-order valence-electron chi connectivity index (χ3n) is 15.7. The van der Waals surface area contributed by atoms with Gasteiger partial charge in [-0.25, -0.2) is 19.9 Å². The number of nitrogens with two attached hydrogens (primary N) is 1. The lowest BCUT2D eigenvalue weighted by Gasteiger charge is -2.34. The number of H-pyrrole nitrogens is 2. The fourth-order valence-electron chi connectivity index (χ4n) is 11.5. The third kappa shape index (κ3) is 16.4. The van der Waals surface area contributed by atoms with Crippen LogP contribution in [0.1, 0.15) is 63.8 Å². The van der Waals surface area contributed by atoms with Gasteiger partial charge in [-0.2, -0.15) is 0 Å². The molecule has 10 heterocycles. The number of fused-ring (bicyclic) bond motifs is 2. The molecule has 0 saturated carbocycles. The normalized spacial score (nSPS) is 16.7. The van der Waals surface area contributed by atoms with Crippen molar-refractivity contribution in [3.05, 3.63) is 121 Å². The zero-order chi connectivity index (χ0) is 60.5. The number of aromatic amines is 2. The molecule has 2 aromatic carbocycles. The second kappa shape index (κ2) is 29.4. The Labute approximate surface area is 505 Å². The van der Waals surface area contributed by atoms with Gasteiger partial charge in [0.2, 0.25) is 17.5 Å². The first kappa shape index (κ1) is 60.4. The average Bonchev–Trinajstić information content (AvgIpc) is 2.64. The minimum atomic E-state index is -0.884. The molecular formula is C66H72N14O7. The number of carbonyl (C=O) groups excluding carboxylic acids is 3. The summed E-state index contributed by atoms with van der Waals surface area (Å²) in [6, 6.07) is 27.4. The fraction of sp³-hybridized carbons (Fsp3) is 0.364. The molecule has 4 aliphatic heterocycles. The van der Waals surface area contributed by atoms with E-state index < -0.39 is 5.97 Å². The molecule has 87 heavy (non-hydrogen) atoms. The Hall–Kier alpha value is -9.70. The van der Waals surface area contributed by atoms with Crippen LogP contribution in [0.3, 0.4) is 0 Å². The summed E-state index contributed by atoms with van der Waals surface area (Å²) in [6.07, 6.45) is 11.8. The number of carbonyl (C=O) groups is 4. The van der Waals surface area contributed by atoms with Crippen LogP contribution >= 0.6 is 0 Å². The summed E-state index contributed by atoms with van der Waals surface area (Å²) < 4.78 is 10.9. The van der Waals surface area contributed by atoms with E-state index in [2.05, 4.69) is 101 Å². The van der Waals surface area contributed by atoms with E-state index in [9.17, 15) is 19.2 Å². The number of pyridine rings is 2. The molecule has 12 rings (SSSR count). The van der Waals surface area contributed by atoms with Crippen LogP contribution in [-0.4, -0.2) is 147 Å². The van der Waals surface area contributed by atoms with Crippen molar-refractivity contribution in [2.24, 2.45) is 11.8 Å². The number of piperidine rings is 2. The molecule has 21 heteroatoms. The zero-order valence-electron chi connectivity index (χ0n) is 49.1. The highest BCUT2D eigenvalue weighted by Gasteiger charge is 2.25. The van der Waals surface area contributed by atoms with Crippen LogP contribution < -0.4 is 30.7 Å². The van der Waals surface area contributed by atoms with E-state index in [0.717, 1.165) is 165 Å². The summed E-state index contributed by atoms with van der Waals surface area (Å²) in [7, 11) is 0. The van der Waals surface area contributed by atoms with Crippen molar-refractivity contribution in [1.29, 1.82) is 0 Å². The second-order valence-corrected chi connectivity index (χ2v) is 21.9. The largest absolute Gasteiger partial charge is 0.481 e. The third-order valence-corrected chi connectivity index (χ3v) is 15.7. The summed E-state index contributed by atoms with van der Waals surface area (Å²) in [5.74, 6) is 12.0. The molecule has 8 aromatic rings. The first-order valence-corrected chi connectivity index (χ1v) is 29.6. The second-order valence-electron chi connectivity index (χ2n) is 21.9. The predicted molar refractivity (Wildman–Crippen MR) is 337 cm³/mol. The van der Waals surface area contributed by atoms with Crippen LogP contribution in [0, 0.1) is 35.5 Å². The van der Waals surface area contributed by atoms with E-state index in [1.165, 1.54) is 0 Å². The first-order valence-electron chi connectivity index (χ1n) is 29.6. The Balaban J connectivity index is 0.000000160. The van der Waals surface area contributed by atoms with Gasteiger partial charge in [0.1, 0.15) is 35.6 Å². The molecule has 0 aliphatic carbocycles. The van der Waals surface area contributed by atoms with Crippen LogP contribution in [0.2, 0.25) is 0 Å². The van der Waals surface area contributed by atoms with Gasteiger partial charge in [-0.05, 0) is 135 Å². The number of nitrogens with zero attached hydrogens (tertiary/aromatic N) is 10. The van der Waals surface area contributed by atoms with E-state index in [1.54, 1.807) is 38.9 Å². The number of benzene rings is 2. The smallest absolute Gasteiger partial charge is 0.309 e. The van der Waals surface area contributed by atoms with Crippen molar-refractivity contribution < 1.29 is 33.8 Å². The highest BCUT2D eigenvalue weighted by molar-refractivity contribution is 5.97. The number of Topliss-reactive ketones (excluding diaryl/α,β-unsaturated/α-hetero) is 2. The summed E-state index contributed by atoms with van der Waals surface area (Å²) in [4.78, 5) is 89.4. The standard InChI is InChI=1S/C33H35N7O3.C17H20N2O3.C16H17N5O/c1-2-4-28(41)17-23-5-3-12-40(21-23)27-10-11-34-26(18-27)19-31(42)37-25-8-6-24(7-9-25)30-20-29-32(38-30)35-22-36-33(29)39-13-15-43-16-14-39;1-2-4-16(20)9-13-5-3-8-19(12-13)15-6-7-18-14(10-15)11-17(21)22;17-12-3-1-11(2-4-12)14-9-13-15(20-14)18-10-19-16(13)21-5-7-22-8-6-21/h6-11,18,20,22-23H,3,5,12-17,19,21H2,1H3,(H,37,42)(H,35,36,38);6-7,10,13H,3,5,8-9,11-12H2,1H3,(H,21,22);1-4,9-10H,5-8,17H2,(H,18,19,20)/t23-;13-;/m00./s1. The van der Waals surface area contributed by atoms with E-state index >= 15 is 0 Å². The highest BCUT2D eigenvalue weighted by Crippen LogP contribution is 2.33. The predicted octanol–water partition coefficient (Wildman–Crippen LogP) is 8.19. The van der Waals surface area contributed by atoms with Crippen molar-refractivity contribution >= 4 is 79.9 Å². The lowest BCUT2D eigenvalue weighted by molar-refractivity contribution is -0.136. The Kier molecular flexibility index (Phi) is 20.4. The van der Waals surface area contributed by atoms with Gasteiger partial charge in [-0.15, -0.1) is 0 Å². The molecule has 0 bridgehead atoms. The minimum absolute atomic E-state index is 0.00280. The fourth-order valence-corrected chi connectivity index (χ4v) is 11.5. The number of nitrogen functional groups attached to an aromatic ring is 1. The summed E-state index contributed by atoms with van der Waals surface area (Å²) >= 11 is 0.